The fourth-order valence-corrected chi connectivity index (χ4v) is 3.60. The molecule has 1 atom stereocenters. The Morgan fingerprint density at radius 3 is 2.46 bits per heavy atom. The highest BCUT2D eigenvalue weighted by atomic mass is 35.5. The van der Waals surface area contributed by atoms with Crippen molar-refractivity contribution in [1.82, 2.24) is 4.90 Å². The van der Waals surface area contributed by atoms with Crippen LogP contribution in [0.3, 0.4) is 0 Å². The van der Waals surface area contributed by atoms with Crippen LogP contribution in [-0.4, -0.2) is 23.3 Å². The highest BCUT2D eigenvalue weighted by Gasteiger charge is 2.34. The largest absolute Gasteiger partial charge is 0.324 e. The van der Waals surface area contributed by atoms with Crippen LogP contribution in [0.4, 0.5) is 10.1 Å². The van der Waals surface area contributed by atoms with Crippen molar-refractivity contribution in [1.29, 1.82) is 0 Å². The van der Waals surface area contributed by atoms with E-state index < -0.39 is 6.04 Å². The van der Waals surface area contributed by atoms with E-state index in [0.717, 1.165) is 0 Å². The van der Waals surface area contributed by atoms with Gasteiger partial charge in [0.2, 0.25) is 5.91 Å². The Balaban J connectivity index is 1.90. The standard InChI is InChI=1S/C22H16ClFN2O2/c23-16-8-11-19-18(12-16)21(14-6-9-17(24)10-7-14)26(13-20(27)25-19)22(28)15-4-2-1-3-5-15/h1-12,21H,13H2,(H,25,27)/t21-/m1/s1. The summed E-state index contributed by atoms with van der Waals surface area (Å²) in [5, 5.41) is 3.31. The predicted molar refractivity (Wildman–Crippen MR) is 106 cm³/mol. The van der Waals surface area contributed by atoms with Gasteiger partial charge in [0.25, 0.3) is 5.91 Å². The number of carbonyl (C=O) groups is 2. The van der Waals surface area contributed by atoms with Gasteiger partial charge in [-0.25, -0.2) is 4.39 Å². The lowest BCUT2D eigenvalue weighted by Gasteiger charge is -2.30. The summed E-state index contributed by atoms with van der Waals surface area (Å²) in [6.07, 6.45) is 0. The van der Waals surface area contributed by atoms with Crippen molar-refractivity contribution in [3.05, 3.63) is 100 Å². The number of benzene rings is 3. The molecular weight excluding hydrogens is 379 g/mol. The lowest BCUT2D eigenvalue weighted by molar-refractivity contribution is -0.117. The molecule has 0 bridgehead atoms. The first-order valence-corrected chi connectivity index (χ1v) is 9.11. The molecule has 1 aliphatic rings. The van der Waals surface area contributed by atoms with Crippen LogP contribution in [0.25, 0.3) is 0 Å². The molecule has 0 fully saturated rings. The summed E-state index contributed by atoms with van der Waals surface area (Å²) in [6, 6.07) is 19.2. The number of nitrogens with zero attached hydrogens (tertiary/aromatic N) is 1. The summed E-state index contributed by atoms with van der Waals surface area (Å²) in [7, 11) is 0. The quantitative estimate of drug-likeness (QED) is 0.687. The number of amides is 2. The molecule has 0 aliphatic carbocycles. The van der Waals surface area contributed by atoms with Crippen molar-refractivity contribution in [3.8, 4) is 0 Å². The molecule has 28 heavy (non-hydrogen) atoms. The lowest BCUT2D eigenvalue weighted by atomic mass is 9.95. The summed E-state index contributed by atoms with van der Waals surface area (Å²) in [5.74, 6) is -0.978. The number of nitrogens with one attached hydrogen (secondary N) is 1. The molecule has 0 saturated heterocycles. The molecule has 0 aromatic heterocycles. The molecule has 1 aliphatic heterocycles. The molecule has 1 heterocycles. The van der Waals surface area contributed by atoms with Gasteiger partial charge in [0.1, 0.15) is 12.4 Å². The number of carbonyl (C=O) groups excluding carboxylic acids is 2. The van der Waals surface area contributed by atoms with Gasteiger partial charge >= 0.3 is 0 Å². The maximum Gasteiger partial charge on any atom is 0.255 e. The first kappa shape index (κ1) is 18.2. The Bertz CT molecular complexity index is 1040. The Hall–Kier alpha value is -3.18. The summed E-state index contributed by atoms with van der Waals surface area (Å²) in [4.78, 5) is 27.3. The van der Waals surface area contributed by atoms with Crippen LogP contribution in [0, 0.1) is 5.82 Å². The second-order valence-electron chi connectivity index (χ2n) is 6.53. The summed E-state index contributed by atoms with van der Waals surface area (Å²) >= 11 is 6.21. The molecule has 3 aromatic carbocycles. The van der Waals surface area contributed by atoms with E-state index in [1.807, 2.05) is 6.07 Å². The van der Waals surface area contributed by atoms with Crippen molar-refractivity contribution in [3.63, 3.8) is 0 Å². The Kier molecular flexibility index (Phi) is 4.84. The zero-order chi connectivity index (χ0) is 19.7. The monoisotopic (exact) mass is 394 g/mol. The minimum Gasteiger partial charge on any atom is -0.324 e. The van der Waals surface area contributed by atoms with E-state index in [4.69, 9.17) is 11.6 Å². The van der Waals surface area contributed by atoms with Gasteiger partial charge in [-0.05, 0) is 48.0 Å². The summed E-state index contributed by atoms with van der Waals surface area (Å²) < 4.78 is 13.5. The molecule has 0 saturated carbocycles. The molecule has 4 rings (SSSR count). The number of halogens is 2. The van der Waals surface area contributed by atoms with E-state index in [0.29, 0.717) is 27.4 Å². The second kappa shape index (κ2) is 7.44. The summed E-state index contributed by atoms with van der Waals surface area (Å²) in [6.45, 7) is -0.137. The van der Waals surface area contributed by atoms with Crippen molar-refractivity contribution >= 4 is 29.1 Å². The molecule has 6 heteroatoms. The Morgan fingerprint density at radius 2 is 1.75 bits per heavy atom. The van der Waals surface area contributed by atoms with E-state index in [2.05, 4.69) is 5.32 Å². The molecule has 0 radical (unpaired) electrons. The van der Waals surface area contributed by atoms with Gasteiger partial charge in [-0.1, -0.05) is 41.9 Å². The zero-order valence-corrected chi connectivity index (χ0v) is 15.5. The molecular formula is C22H16ClFN2O2. The number of fused-ring (bicyclic) bond motifs is 1. The zero-order valence-electron chi connectivity index (χ0n) is 14.7. The lowest BCUT2D eigenvalue weighted by Crippen LogP contribution is -2.39. The van der Waals surface area contributed by atoms with E-state index in [9.17, 15) is 14.0 Å². The van der Waals surface area contributed by atoms with Gasteiger partial charge in [-0.3, -0.25) is 9.59 Å². The van der Waals surface area contributed by atoms with Crippen LogP contribution in [0.1, 0.15) is 27.5 Å². The maximum absolute atomic E-state index is 13.5. The average molecular weight is 395 g/mol. The van der Waals surface area contributed by atoms with Crippen molar-refractivity contribution < 1.29 is 14.0 Å². The van der Waals surface area contributed by atoms with Gasteiger partial charge in [0.15, 0.2) is 0 Å². The molecule has 0 spiro atoms. The summed E-state index contributed by atoms with van der Waals surface area (Å²) in [5.41, 5.74) is 2.40. The van der Waals surface area contributed by atoms with E-state index >= 15 is 0 Å². The van der Waals surface area contributed by atoms with Crippen LogP contribution >= 0.6 is 11.6 Å². The van der Waals surface area contributed by atoms with E-state index in [1.165, 1.54) is 17.0 Å². The fourth-order valence-electron chi connectivity index (χ4n) is 3.42. The van der Waals surface area contributed by atoms with Crippen molar-refractivity contribution in [2.45, 2.75) is 6.04 Å². The fraction of sp³-hybridized carbons (Fsp3) is 0.0909. The highest BCUT2D eigenvalue weighted by molar-refractivity contribution is 6.30. The molecule has 0 unspecified atom stereocenters. The van der Waals surface area contributed by atoms with E-state index in [-0.39, 0.29) is 24.2 Å². The molecule has 140 valence electrons. The van der Waals surface area contributed by atoms with Crippen LogP contribution in [0.2, 0.25) is 5.02 Å². The third-order valence-corrected chi connectivity index (χ3v) is 4.91. The van der Waals surface area contributed by atoms with Crippen LogP contribution in [0.15, 0.2) is 72.8 Å². The van der Waals surface area contributed by atoms with Crippen LogP contribution in [-0.2, 0) is 4.79 Å². The van der Waals surface area contributed by atoms with Gasteiger partial charge in [0, 0.05) is 21.8 Å². The normalized spacial score (nSPS) is 16.1. The third kappa shape index (κ3) is 3.49. The average Bonchev–Trinajstić information content (AvgIpc) is 2.84. The molecule has 4 nitrogen and oxygen atoms in total. The molecule has 1 N–H and O–H groups in total. The second-order valence-corrected chi connectivity index (χ2v) is 6.97. The van der Waals surface area contributed by atoms with Crippen LogP contribution in [0.5, 0.6) is 0 Å². The van der Waals surface area contributed by atoms with Crippen LogP contribution < -0.4 is 5.32 Å². The first-order valence-electron chi connectivity index (χ1n) is 8.74. The van der Waals surface area contributed by atoms with Crippen molar-refractivity contribution in [2.24, 2.45) is 0 Å². The minimum absolute atomic E-state index is 0.137. The Morgan fingerprint density at radius 1 is 1.04 bits per heavy atom. The number of anilines is 1. The van der Waals surface area contributed by atoms with Crippen molar-refractivity contribution in [2.75, 3.05) is 11.9 Å². The number of hydrogen-bond donors (Lipinski definition) is 1. The van der Waals surface area contributed by atoms with Gasteiger partial charge < -0.3 is 10.2 Å². The van der Waals surface area contributed by atoms with Gasteiger partial charge in [-0.15, -0.1) is 0 Å². The maximum atomic E-state index is 13.5. The predicted octanol–water partition coefficient (Wildman–Crippen LogP) is 4.66. The third-order valence-electron chi connectivity index (χ3n) is 4.68. The molecule has 3 aromatic rings. The van der Waals surface area contributed by atoms with Gasteiger partial charge in [0.05, 0.1) is 6.04 Å². The Labute approximate surface area is 166 Å². The first-order chi connectivity index (χ1) is 13.5. The van der Waals surface area contributed by atoms with Gasteiger partial charge in [-0.2, -0.15) is 0 Å². The molecule has 2 amide bonds. The minimum atomic E-state index is -0.596. The highest BCUT2D eigenvalue weighted by Crippen LogP contribution is 2.38. The SMILES string of the molecule is O=C1CN(C(=O)c2ccccc2)[C@H](c2ccc(F)cc2)c2cc(Cl)ccc2N1. The topological polar surface area (TPSA) is 49.4 Å². The smallest absolute Gasteiger partial charge is 0.255 e. The number of hydrogen-bond acceptors (Lipinski definition) is 2. The number of rotatable bonds is 2. The van der Waals surface area contributed by atoms with E-state index in [1.54, 1.807) is 54.6 Å².